The van der Waals surface area contributed by atoms with Crippen LogP contribution in [-0.4, -0.2) is 12.6 Å². The maximum Gasteiger partial charge on any atom is 0.0385 e. The van der Waals surface area contributed by atoms with Crippen LogP contribution in [0, 0.1) is 0 Å². The molecule has 1 atom stereocenters. The first kappa shape index (κ1) is 8.08. The van der Waals surface area contributed by atoms with Gasteiger partial charge in [0.15, 0.2) is 0 Å². The van der Waals surface area contributed by atoms with Gasteiger partial charge in [0.2, 0.25) is 0 Å². The SMILES string of the molecule is N[C@@H]1CNc2cc(Br)ccc2C1. The largest absolute Gasteiger partial charge is 0.383 e. The van der Waals surface area contributed by atoms with Gasteiger partial charge in [-0.25, -0.2) is 0 Å². The van der Waals surface area contributed by atoms with Crippen LogP contribution in [0.4, 0.5) is 5.69 Å². The quantitative estimate of drug-likeness (QED) is 0.708. The number of anilines is 1. The highest BCUT2D eigenvalue weighted by molar-refractivity contribution is 9.10. The lowest BCUT2D eigenvalue weighted by Crippen LogP contribution is -2.35. The van der Waals surface area contributed by atoms with Gasteiger partial charge in [-0.05, 0) is 24.1 Å². The van der Waals surface area contributed by atoms with Crippen LogP contribution in [0.3, 0.4) is 0 Å². The summed E-state index contributed by atoms with van der Waals surface area (Å²) in [5, 5.41) is 3.30. The number of fused-ring (bicyclic) bond motifs is 1. The summed E-state index contributed by atoms with van der Waals surface area (Å²) in [6, 6.07) is 6.53. The van der Waals surface area contributed by atoms with Crippen LogP contribution in [0.15, 0.2) is 22.7 Å². The fraction of sp³-hybridized carbons (Fsp3) is 0.333. The van der Waals surface area contributed by atoms with E-state index in [0.29, 0.717) is 0 Å². The zero-order valence-corrected chi connectivity index (χ0v) is 8.26. The van der Waals surface area contributed by atoms with Crippen LogP contribution in [0.2, 0.25) is 0 Å². The highest BCUT2D eigenvalue weighted by Crippen LogP contribution is 2.24. The summed E-state index contributed by atoms with van der Waals surface area (Å²) in [7, 11) is 0. The van der Waals surface area contributed by atoms with Crippen molar-refractivity contribution in [2.45, 2.75) is 12.5 Å². The fourth-order valence-corrected chi connectivity index (χ4v) is 1.85. The molecule has 0 saturated carbocycles. The second kappa shape index (κ2) is 3.07. The smallest absolute Gasteiger partial charge is 0.0385 e. The summed E-state index contributed by atoms with van der Waals surface area (Å²) >= 11 is 3.43. The second-order valence-corrected chi connectivity index (χ2v) is 4.06. The average Bonchev–Trinajstić information content (AvgIpc) is 2.05. The highest BCUT2D eigenvalue weighted by Gasteiger charge is 2.13. The first-order valence-corrected chi connectivity index (χ1v) is 4.83. The number of halogens is 1. The molecule has 0 saturated heterocycles. The second-order valence-electron chi connectivity index (χ2n) is 3.15. The molecule has 1 heterocycles. The summed E-state index contributed by atoms with van der Waals surface area (Å²) < 4.78 is 1.12. The van der Waals surface area contributed by atoms with Gasteiger partial charge in [0.1, 0.15) is 0 Å². The normalized spacial score (nSPS) is 21.3. The zero-order chi connectivity index (χ0) is 8.55. The van der Waals surface area contributed by atoms with E-state index in [2.05, 4.69) is 39.4 Å². The van der Waals surface area contributed by atoms with Crippen molar-refractivity contribution in [1.82, 2.24) is 0 Å². The maximum absolute atomic E-state index is 5.81. The van der Waals surface area contributed by atoms with E-state index in [9.17, 15) is 0 Å². The number of rotatable bonds is 0. The molecule has 0 spiro atoms. The van der Waals surface area contributed by atoms with E-state index in [0.717, 1.165) is 17.4 Å². The standard InChI is InChI=1S/C9H11BrN2/c10-7-2-1-6-3-8(11)5-12-9(6)4-7/h1-2,4,8,12H,3,5,11H2/t8-/m0/s1. The summed E-state index contributed by atoms with van der Waals surface area (Å²) in [5.41, 5.74) is 8.34. The summed E-state index contributed by atoms with van der Waals surface area (Å²) in [6.07, 6.45) is 0.982. The molecule has 1 aliphatic rings. The number of hydrogen-bond acceptors (Lipinski definition) is 2. The number of hydrogen-bond donors (Lipinski definition) is 2. The summed E-state index contributed by atoms with van der Waals surface area (Å²) in [6.45, 7) is 0.878. The van der Waals surface area contributed by atoms with Crippen molar-refractivity contribution in [2.24, 2.45) is 5.73 Å². The third-order valence-corrected chi connectivity index (χ3v) is 2.60. The topological polar surface area (TPSA) is 38.0 Å². The predicted molar refractivity (Wildman–Crippen MR) is 54.3 cm³/mol. The fourth-order valence-electron chi connectivity index (χ4n) is 1.49. The Morgan fingerprint density at radius 3 is 3.17 bits per heavy atom. The van der Waals surface area contributed by atoms with Gasteiger partial charge in [0.05, 0.1) is 0 Å². The first-order chi connectivity index (χ1) is 5.75. The minimum Gasteiger partial charge on any atom is -0.383 e. The average molecular weight is 227 g/mol. The van der Waals surface area contributed by atoms with Crippen molar-refractivity contribution in [1.29, 1.82) is 0 Å². The molecule has 0 aliphatic carbocycles. The Morgan fingerprint density at radius 1 is 1.50 bits per heavy atom. The molecule has 0 fully saturated rings. The third-order valence-electron chi connectivity index (χ3n) is 2.11. The van der Waals surface area contributed by atoms with E-state index in [1.165, 1.54) is 11.3 Å². The van der Waals surface area contributed by atoms with Crippen molar-refractivity contribution in [3.05, 3.63) is 28.2 Å². The first-order valence-electron chi connectivity index (χ1n) is 4.03. The Hall–Kier alpha value is -0.540. The van der Waals surface area contributed by atoms with Crippen molar-refractivity contribution in [3.8, 4) is 0 Å². The summed E-state index contributed by atoms with van der Waals surface area (Å²) in [4.78, 5) is 0. The third kappa shape index (κ3) is 1.47. The molecular formula is C9H11BrN2. The van der Waals surface area contributed by atoms with E-state index in [1.807, 2.05) is 0 Å². The van der Waals surface area contributed by atoms with Crippen LogP contribution in [0.1, 0.15) is 5.56 Å². The molecule has 1 aromatic rings. The van der Waals surface area contributed by atoms with E-state index < -0.39 is 0 Å². The van der Waals surface area contributed by atoms with E-state index in [-0.39, 0.29) is 6.04 Å². The van der Waals surface area contributed by atoms with Gasteiger partial charge in [-0.3, -0.25) is 0 Å². The molecular weight excluding hydrogens is 216 g/mol. The van der Waals surface area contributed by atoms with Crippen LogP contribution >= 0.6 is 15.9 Å². The molecule has 2 rings (SSSR count). The van der Waals surface area contributed by atoms with Crippen LogP contribution in [0.5, 0.6) is 0 Å². The van der Waals surface area contributed by atoms with Gasteiger partial charge >= 0.3 is 0 Å². The molecule has 12 heavy (non-hydrogen) atoms. The number of nitrogens with two attached hydrogens (primary N) is 1. The molecule has 0 radical (unpaired) electrons. The Labute approximate surface area is 80.3 Å². The van der Waals surface area contributed by atoms with Crippen LogP contribution in [0.25, 0.3) is 0 Å². The Morgan fingerprint density at radius 2 is 2.33 bits per heavy atom. The molecule has 64 valence electrons. The van der Waals surface area contributed by atoms with Gasteiger partial charge in [-0.2, -0.15) is 0 Å². The molecule has 0 aromatic heterocycles. The van der Waals surface area contributed by atoms with Crippen molar-refractivity contribution in [2.75, 3.05) is 11.9 Å². The predicted octanol–water partition coefficient (Wildman–Crippen LogP) is 1.74. The highest BCUT2D eigenvalue weighted by atomic mass is 79.9. The van der Waals surface area contributed by atoms with Gasteiger partial charge in [0.25, 0.3) is 0 Å². The molecule has 1 aromatic carbocycles. The van der Waals surface area contributed by atoms with E-state index in [1.54, 1.807) is 0 Å². The maximum atomic E-state index is 5.81. The molecule has 1 aliphatic heterocycles. The van der Waals surface area contributed by atoms with Crippen molar-refractivity contribution in [3.63, 3.8) is 0 Å². The van der Waals surface area contributed by atoms with Crippen LogP contribution in [-0.2, 0) is 6.42 Å². The monoisotopic (exact) mass is 226 g/mol. The van der Waals surface area contributed by atoms with Crippen LogP contribution < -0.4 is 11.1 Å². The van der Waals surface area contributed by atoms with Gasteiger partial charge < -0.3 is 11.1 Å². The van der Waals surface area contributed by atoms with E-state index in [4.69, 9.17) is 5.73 Å². The molecule has 0 bridgehead atoms. The Balaban J connectivity index is 2.37. The molecule has 0 amide bonds. The van der Waals surface area contributed by atoms with Crippen molar-refractivity contribution < 1.29 is 0 Å². The number of benzene rings is 1. The van der Waals surface area contributed by atoms with E-state index >= 15 is 0 Å². The van der Waals surface area contributed by atoms with Gasteiger partial charge in [-0.15, -0.1) is 0 Å². The molecule has 2 nitrogen and oxygen atoms in total. The molecule has 0 unspecified atom stereocenters. The van der Waals surface area contributed by atoms with Gasteiger partial charge in [-0.1, -0.05) is 22.0 Å². The lowest BCUT2D eigenvalue weighted by Gasteiger charge is -2.23. The molecule has 3 N–H and O–H groups in total. The molecule has 3 heteroatoms. The van der Waals surface area contributed by atoms with Crippen molar-refractivity contribution >= 4 is 21.6 Å². The Bertz CT molecular complexity index is 299. The minimum atomic E-state index is 0.263. The van der Waals surface area contributed by atoms with Gasteiger partial charge in [0, 0.05) is 22.7 Å². The minimum absolute atomic E-state index is 0.263. The zero-order valence-electron chi connectivity index (χ0n) is 6.68. The Kier molecular flexibility index (Phi) is 2.07. The summed E-state index contributed by atoms with van der Waals surface area (Å²) in [5.74, 6) is 0. The lowest BCUT2D eigenvalue weighted by atomic mass is 10.0. The lowest BCUT2D eigenvalue weighted by molar-refractivity contribution is 0.679. The number of nitrogens with one attached hydrogen (secondary N) is 1.